The number of carbonyl (C=O) groups excluding carboxylic acids is 1. The Morgan fingerprint density at radius 3 is 2.26 bits per heavy atom. The Morgan fingerprint density at radius 1 is 0.977 bits per heavy atom. The Kier molecular flexibility index (Phi) is 10.7. The summed E-state index contributed by atoms with van der Waals surface area (Å²) in [6.45, 7) is 2.99. The van der Waals surface area contributed by atoms with E-state index in [1.54, 1.807) is 18.2 Å². The number of fused-ring (bicyclic) bond motifs is 1. The lowest BCUT2D eigenvalue weighted by Gasteiger charge is -2.18. The zero-order valence-electron chi connectivity index (χ0n) is 23.8. The van der Waals surface area contributed by atoms with Crippen LogP contribution in [0, 0.1) is 10.1 Å². The normalized spacial score (nSPS) is 12.2. The summed E-state index contributed by atoms with van der Waals surface area (Å²) >= 11 is 1.23. The molecular formula is C28H31N7O7S+2. The molecule has 1 aromatic heterocycles. The maximum absolute atomic E-state index is 11.1. The fourth-order valence-electron chi connectivity index (χ4n) is 4.12. The summed E-state index contributed by atoms with van der Waals surface area (Å²) in [4.78, 5) is 25.9. The number of azo groups is 2. The maximum Gasteiger partial charge on any atom is 0.407 e. The first kappa shape index (κ1) is 31.1. The van der Waals surface area contributed by atoms with Gasteiger partial charge < -0.3 is 19.3 Å². The highest BCUT2D eigenvalue weighted by atomic mass is 32.1. The minimum atomic E-state index is -0.447. The average molecular weight is 610 g/mol. The number of aliphatic hydroxyl groups is 1. The van der Waals surface area contributed by atoms with Crippen LogP contribution in [0.1, 0.15) is 13.3 Å². The van der Waals surface area contributed by atoms with Crippen LogP contribution in [0.25, 0.3) is 10.2 Å². The number of methoxy groups -OCH3 is 2. The second-order valence-corrected chi connectivity index (χ2v) is 10.2. The second-order valence-electron chi connectivity index (χ2n) is 9.13. The van der Waals surface area contributed by atoms with E-state index >= 15 is 0 Å². The first-order valence-corrected chi connectivity index (χ1v) is 14.0. The molecule has 0 aliphatic carbocycles. The van der Waals surface area contributed by atoms with Crippen LogP contribution in [0.4, 0.5) is 33.6 Å². The number of aromatic nitrogens is 1. The van der Waals surface area contributed by atoms with Crippen molar-refractivity contribution in [2.45, 2.75) is 13.3 Å². The molecule has 0 saturated carbocycles. The van der Waals surface area contributed by atoms with Crippen molar-refractivity contribution in [3.8, 4) is 11.5 Å². The zero-order chi connectivity index (χ0) is 30.8. The Bertz CT molecular complexity index is 1640. The predicted octanol–water partition coefficient (Wildman–Crippen LogP) is 4.93. The molecule has 0 fully saturated rings. The summed E-state index contributed by atoms with van der Waals surface area (Å²) in [5.41, 5.74) is 3.09. The van der Waals surface area contributed by atoms with Crippen LogP contribution in [-0.2, 0) is 9.53 Å². The number of ether oxygens (including phenoxy) is 3. The molecule has 3 N–H and O–H groups in total. The first-order chi connectivity index (χ1) is 20.8. The van der Waals surface area contributed by atoms with Gasteiger partial charge in [0.1, 0.15) is 35.8 Å². The highest BCUT2D eigenvalue weighted by molar-refractivity contribution is 7.21. The topological polar surface area (TPSA) is 176 Å². The van der Waals surface area contributed by atoms with E-state index in [1.807, 2.05) is 24.3 Å². The molecule has 15 heteroatoms. The number of benzene rings is 3. The minimum Gasteiger partial charge on any atom is -0.494 e. The highest BCUT2D eigenvalue weighted by Gasteiger charge is 2.17. The maximum atomic E-state index is 11.1. The molecule has 0 bridgehead atoms. The van der Waals surface area contributed by atoms with Crippen molar-refractivity contribution in [3.05, 3.63) is 64.7 Å². The van der Waals surface area contributed by atoms with Gasteiger partial charge in [-0.2, -0.15) is 5.11 Å². The molecule has 14 nitrogen and oxygen atoms in total. The monoisotopic (exact) mass is 609 g/mol. The number of thiazole rings is 1. The number of nitro benzene ring substituents is 1. The van der Waals surface area contributed by atoms with Crippen LogP contribution in [0.2, 0.25) is 0 Å². The summed E-state index contributed by atoms with van der Waals surface area (Å²) in [6, 6.07) is 15.3. The lowest BCUT2D eigenvalue weighted by atomic mass is 10.2. The molecule has 43 heavy (non-hydrogen) atoms. The van der Waals surface area contributed by atoms with E-state index in [1.165, 1.54) is 44.6 Å². The minimum absolute atomic E-state index is 0.00396. The number of non-ortho nitro benzene ring substituents is 1. The molecule has 0 radical (unpaired) electrons. The number of nitrogens with zero attached hydrogens (tertiary/aromatic N) is 5. The molecule has 1 heterocycles. The average Bonchev–Trinajstić information content (AvgIpc) is 3.43. The summed E-state index contributed by atoms with van der Waals surface area (Å²) in [7, 11) is 3.00. The number of nitro groups is 1. The molecule has 4 aromatic rings. The van der Waals surface area contributed by atoms with Crippen molar-refractivity contribution in [2.75, 3.05) is 40.5 Å². The SMILES string of the molecule is COc1cc(N=Nc2[nH+]c3ccc([N+](=O)[O-])cc3s2)c(OC)cc1N=Nc1ccc([NH+](CCCO)CCOC(C)=O)cc1. The predicted molar refractivity (Wildman–Crippen MR) is 158 cm³/mol. The van der Waals surface area contributed by atoms with Gasteiger partial charge in [-0.1, -0.05) is 0 Å². The number of hydrogen-bond donors (Lipinski definition) is 2. The van der Waals surface area contributed by atoms with E-state index in [9.17, 15) is 20.0 Å². The molecule has 1 unspecified atom stereocenters. The lowest BCUT2D eigenvalue weighted by Crippen LogP contribution is -3.07. The van der Waals surface area contributed by atoms with Gasteiger partial charge in [-0.25, -0.2) is 4.98 Å². The number of quaternary nitrogens is 1. The van der Waals surface area contributed by atoms with Crippen molar-refractivity contribution in [1.29, 1.82) is 0 Å². The van der Waals surface area contributed by atoms with Crippen molar-refractivity contribution < 1.29 is 38.9 Å². The second kappa shape index (κ2) is 14.9. The third-order valence-electron chi connectivity index (χ3n) is 6.25. The van der Waals surface area contributed by atoms with Gasteiger partial charge in [0.25, 0.3) is 5.69 Å². The van der Waals surface area contributed by atoms with E-state index in [0.29, 0.717) is 63.4 Å². The largest absolute Gasteiger partial charge is 0.494 e. The zero-order valence-corrected chi connectivity index (χ0v) is 24.6. The molecule has 0 aliphatic rings. The van der Waals surface area contributed by atoms with E-state index < -0.39 is 4.92 Å². The third-order valence-corrected chi connectivity index (χ3v) is 7.18. The van der Waals surface area contributed by atoms with Crippen LogP contribution in [0.5, 0.6) is 11.5 Å². The van der Waals surface area contributed by atoms with Gasteiger partial charge in [0.15, 0.2) is 11.4 Å². The Morgan fingerprint density at radius 2 is 1.65 bits per heavy atom. The number of nitrogens with one attached hydrogen (secondary N) is 2. The summed E-state index contributed by atoms with van der Waals surface area (Å²) < 4.78 is 16.8. The number of aliphatic hydroxyl groups excluding tert-OH is 1. The molecule has 0 spiro atoms. The Balaban J connectivity index is 1.51. The molecule has 1 atom stereocenters. The number of carbonyl (C=O) groups is 1. The number of H-pyrrole nitrogens is 1. The van der Waals surface area contributed by atoms with E-state index in [-0.39, 0.29) is 24.9 Å². The standard InChI is InChI=1S/C28H29N7O7S/c1-18(37)42-14-12-34(11-4-13-36)20-7-5-19(6-8-20)30-31-23-16-26(41-3)24(17-25(23)40-2)32-33-28-29-22-10-9-21(35(38)39)15-27(22)43-28/h5-10,15-17,36H,4,11-14H2,1-3H3/p+2. The molecule has 0 aliphatic heterocycles. The summed E-state index contributed by atoms with van der Waals surface area (Å²) in [5.74, 6) is 0.461. The lowest BCUT2D eigenvalue weighted by molar-refractivity contribution is -0.833. The fourth-order valence-corrected chi connectivity index (χ4v) is 4.98. The van der Waals surface area contributed by atoms with E-state index in [0.717, 1.165) is 10.6 Å². The Hall–Kier alpha value is -4.86. The fraction of sp³-hybridized carbons (Fsp3) is 0.286. The van der Waals surface area contributed by atoms with Gasteiger partial charge >= 0.3 is 11.1 Å². The van der Waals surface area contributed by atoms with Gasteiger partial charge in [0.2, 0.25) is 0 Å². The molecule has 0 saturated heterocycles. The van der Waals surface area contributed by atoms with Gasteiger partial charge in [-0.15, -0.1) is 5.11 Å². The number of esters is 1. The van der Waals surface area contributed by atoms with Crippen molar-refractivity contribution in [2.24, 2.45) is 20.5 Å². The molecule has 3 aromatic carbocycles. The van der Waals surface area contributed by atoms with Crippen molar-refractivity contribution >= 4 is 61.1 Å². The number of hydrogen-bond acceptors (Lipinski definition) is 12. The van der Waals surface area contributed by atoms with E-state index in [2.05, 4.69) is 25.4 Å². The van der Waals surface area contributed by atoms with Gasteiger partial charge in [-0.3, -0.25) is 19.8 Å². The highest BCUT2D eigenvalue weighted by Crippen LogP contribution is 2.41. The van der Waals surface area contributed by atoms with Crippen LogP contribution in [-0.4, -0.2) is 56.5 Å². The van der Waals surface area contributed by atoms with Gasteiger partial charge in [0.05, 0.1) is 41.2 Å². The first-order valence-electron chi connectivity index (χ1n) is 13.2. The van der Waals surface area contributed by atoms with Crippen LogP contribution in [0.3, 0.4) is 0 Å². The van der Waals surface area contributed by atoms with Crippen LogP contribution < -0.4 is 19.4 Å². The molecule has 0 amide bonds. The molecule has 224 valence electrons. The molecule has 4 rings (SSSR count). The van der Waals surface area contributed by atoms with Gasteiger partial charge in [0, 0.05) is 56.3 Å². The van der Waals surface area contributed by atoms with Crippen molar-refractivity contribution in [1.82, 2.24) is 0 Å². The quantitative estimate of drug-likeness (QED) is 0.0881. The van der Waals surface area contributed by atoms with Crippen LogP contribution in [0.15, 0.2) is 75.1 Å². The molecular weight excluding hydrogens is 578 g/mol. The summed E-state index contributed by atoms with van der Waals surface area (Å²) in [6.07, 6.45) is 0.612. The smallest absolute Gasteiger partial charge is 0.407 e. The van der Waals surface area contributed by atoms with Crippen molar-refractivity contribution in [3.63, 3.8) is 0 Å². The Labute approximate surface area is 250 Å². The van der Waals surface area contributed by atoms with E-state index in [4.69, 9.17) is 14.2 Å². The third kappa shape index (κ3) is 8.34. The summed E-state index contributed by atoms with van der Waals surface area (Å²) in [5, 5.41) is 38.0. The number of rotatable bonds is 14. The van der Waals surface area contributed by atoms with Gasteiger partial charge in [-0.05, 0) is 34.7 Å². The number of aromatic amines is 1. The van der Waals surface area contributed by atoms with Crippen LogP contribution >= 0.6 is 11.3 Å².